The number of carbonyl (C=O) groups excluding carboxylic acids is 1. The molecule has 22 heavy (non-hydrogen) atoms. The Bertz CT molecular complexity index is 834. The number of hydrogen-bond donors (Lipinski definition) is 1. The predicted molar refractivity (Wildman–Crippen MR) is 86.9 cm³/mol. The van der Waals surface area contributed by atoms with Gasteiger partial charge in [-0.2, -0.15) is 0 Å². The van der Waals surface area contributed by atoms with E-state index in [1.54, 1.807) is 17.5 Å². The first-order chi connectivity index (χ1) is 10.6. The number of aromatic nitrogens is 1. The molecule has 3 aromatic rings. The molecule has 1 amide bonds. The zero-order chi connectivity index (χ0) is 15.5. The van der Waals surface area contributed by atoms with Crippen LogP contribution in [0.4, 0.5) is 9.52 Å². The van der Waals surface area contributed by atoms with Gasteiger partial charge in [0.05, 0.1) is 11.3 Å². The second-order valence-electron chi connectivity index (χ2n) is 4.45. The minimum atomic E-state index is -0.567. The Morgan fingerprint density at radius 1 is 1.14 bits per heavy atom. The second kappa shape index (κ2) is 6.25. The Kier molecular flexibility index (Phi) is 4.18. The summed E-state index contributed by atoms with van der Waals surface area (Å²) in [4.78, 5) is 16.4. The van der Waals surface area contributed by atoms with Crippen molar-refractivity contribution in [2.45, 2.75) is 0 Å². The number of carbonyl (C=O) groups is 1. The first-order valence-corrected chi connectivity index (χ1v) is 7.67. The summed E-state index contributed by atoms with van der Waals surface area (Å²) in [5.74, 6) is -1.10. The lowest BCUT2D eigenvalue weighted by atomic mass is 10.2. The Labute approximate surface area is 135 Å². The smallest absolute Gasteiger partial charge is 0.260 e. The second-order valence-corrected chi connectivity index (χ2v) is 5.72. The highest BCUT2D eigenvalue weighted by Gasteiger charge is 2.14. The molecule has 0 aliphatic carbocycles. The molecule has 2 aromatic carbocycles. The summed E-state index contributed by atoms with van der Waals surface area (Å²) < 4.78 is 13.6. The van der Waals surface area contributed by atoms with E-state index in [1.807, 2.05) is 18.2 Å². The number of hydrogen-bond acceptors (Lipinski definition) is 3. The largest absolute Gasteiger partial charge is 0.298 e. The molecule has 0 fully saturated rings. The lowest BCUT2D eigenvalue weighted by Crippen LogP contribution is -2.13. The fourth-order valence-electron chi connectivity index (χ4n) is 1.93. The molecule has 0 atom stereocenters. The van der Waals surface area contributed by atoms with Crippen LogP contribution in [0.15, 0.2) is 53.9 Å². The van der Waals surface area contributed by atoms with Gasteiger partial charge in [0.15, 0.2) is 5.13 Å². The molecule has 0 bridgehead atoms. The Morgan fingerprint density at radius 3 is 2.64 bits per heavy atom. The third-order valence-electron chi connectivity index (χ3n) is 2.99. The molecule has 0 aliphatic heterocycles. The highest BCUT2D eigenvalue weighted by molar-refractivity contribution is 7.14. The number of nitrogens with zero attached hydrogens (tertiary/aromatic N) is 1. The van der Waals surface area contributed by atoms with Gasteiger partial charge in [0.25, 0.3) is 5.91 Å². The number of rotatable bonds is 3. The van der Waals surface area contributed by atoms with Crippen molar-refractivity contribution in [1.29, 1.82) is 0 Å². The predicted octanol–water partition coefficient (Wildman–Crippen LogP) is 4.85. The highest BCUT2D eigenvalue weighted by atomic mass is 35.5. The van der Waals surface area contributed by atoms with Gasteiger partial charge in [-0.25, -0.2) is 9.37 Å². The van der Waals surface area contributed by atoms with Gasteiger partial charge in [-0.1, -0.05) is 41.9 Å². The van der Waals surface area contributed by atoms with Gasteiger partial charge >= 0.3 is 0 Å². The molecule has 0 unspecified atom stereocenters. The van der Waals surface area contributed by atoms with Crippen LogP contribution < -0.4 is 5.32 Å². The molecule has 3 nitrogen and oxygen atoms in total. The highest BCUT2D eigenvalue weighted by Crippen LogP contribution is 2.30. The fraction of sp³-hybridized carbons (Fsp3) is 0. The van der Waals surface area contributed by atoms with Crippen molar-refractivity contribution < 1.29 is 9.18 Å². The van der Waals surface area contributed by atoms with Crippen LogP contribution in [0.2, 0.25) is 5.02 Å². The van der Waals surface area contributed by atoms with Crippen LogP contribution in [0.3, 0.4) is 0 Å². The summed E-state index contributed by atoms with van der Waals surface area (Å²) in [5.41, 5.74) is 1.43. The van der Waals surface area contributed by atoms with Gasteiger partial charge in [0, 0.05) is 16.0 Å². The number of amides is 1. The average Bonchev–Trinajstić information content (AvgIpc) is 2.96. The first kappa shape index (κ1) is 14.7. The van der Waals surface area contributed by atoms with Crippen LogP contribution in [0.1, 0.15) is 10.4 Å². The molecular weight excluding hydrogens is 323 g/mol. The van der Waals surface area contributed by atoms with Crippen molar-refractivity contribution in [3.05, 3.63) is 70.3 Å². The van der Waals surface area contributed by atoms with Crippen LogP contribution in [0.25, 0.3) is 11.3 Å². The molecule has 1 N–H and O–H groups in total. The average molecular weight is 333 g/mol. The maximum Gasteiger partial charge on any atom is 0.260 e. The SMILES string of the molecule is O=C(Nc1nc(-c2ccccc2Cl)cs1)c1ccccc1F. The van der Waals surface area contributed by atoms with E-state index in [1.165, 1.54) is 29.5 Å². The number of halogens is 2. The zero-order valence-electron chi connectivity index (χ0n) is 11.2. The normalized spacial score (nSPS) is 10.5. The molecule has 3 rings (SSSR count). The van der Waals surface area contributed by atoms with Gasteiger partial charge < -0.3 is 0 Å². The van der Waals surface area contributed by atoms with Crippen LogP contribution in [-0.4, -0.2) is 10.9 Å². The van der Waals surface area contributed by atoms with E-state index in [4.69, 9.17) is 11.6 Å². The maximum atomic E-state index is 13.6. The van der Waals surface area contributed by atoms with Gasteiger partial charge in [0.1, 0.15) is 5.82 Å². The number of nitrogens with one attached hydrogen (secondary N) is 1. The van der Waals surface area contributed by atoms with E-state index >= 15 is 0 Å². The molecular formula is C16H10ClFN2OS. The lowest BCUT2D eigenvalue weighted by molar-refractivity contribution is 0.102. The van der Waals surface area contributed by atoms with Crippen molar-refractivity contribution >= 4 is 34.0 Å². The molecule has 0 aliphatic rings. The van der Waals surface area contributed by atoms with E-state index in [-0.39, 0.29) is 5.56 Å². The minimum absolute atomic E-state index is 0.0167. The summed E-state index contributed by atoms with van der Waals surface area (Å²) in [6.07, 6.45) is 0. The molecule has 0 saturated heterocycles. The molecule has 1 heterocycles. The Balaban J connectivity index is 1.82. The first-order valence-electron chi connectivity index (χ1n) is 6.41. The van der Waals surface area contributed by atoms with Crippen LogP contribution in [0, 0.1) is 5.82 Å². The topological polar surface area (TPSA) is 42.0 Å². The van der Waals surface area contributed by atoms with Crippen molar-refractivity contribution in [2.24, 2.45) is 0 Å². The van der Waals surface area contributed by atoms with Crippen LogP contribution in [-0.2, 0) is 0 Å². The third kappa shape index (κ3) is 3.00. The Hall–Kier alpha value is -2.24. The number of thiazole rings is 1. The van der Waals surface area contributed by atoms with E-state index in [2.05, 4.69) is 10.3 Å². The molecule has 6 heteroatoms. The van der Waals surface area contributed by atoms with Crippen molar-refractivity contribution in [2.75, 3.05) is 5.32 Å². The number of benzene rings is 2. The van der Waals surface area contributed by atoms with Crippen LogP contribution in [0.5, 0.6) is 0 Å². The number of anilines is 1. The van der Waals surface area contributed by atoms with Crippen LogP contribution >= 0.6 is 22.9 Å². The lowest BCUT2D eigenvalue weighted by Gasteiger charge is -2.02. The van der Waals surface area contributed by atoms with Crippen molar-refractivity contribution in [3.63, 3.8) is 0 Å². The standard InChI is InChI=1S/C16H10ClFN2OS/c17-12-7-3-1-5-10(12)14-9-22-16(19-14)20-15(21)11-6-2-4-8-13(11)18/h1-9H,(H,19,20,21). The molecule has 0 saturated carbocycles. The molecule has 110 valence electrons. The van der Waals surface area contributed by atoms with E-state index < -0.39 is 11.7 Å². The molecule has 0 radical (unpaired) electrons. The van der Waals surface area contributed by atoms with E-state index in [9.17, 15) is 9.18 Å². The summed E-state index contributed by atoms with van der Waals surface area (Å²) >= 11 is 7.38. The van der Waals surface area contributed by atoms with Gasteiger partial charge in [-0.3, -0.25) is 10.1 Å². The fourth-order valence-corrected chi connectivity index (χ4v) is 2.87. The van der Waals surface area contributed by atoms with Crippen molar-refractivity contribution in [3.8, 4) is 11.3 Å². The van der Waals surface area contributed by atoms with E-state index in [0.717, 1.165) is 5.56 Å². The monoisotopic (exact) mass is 332 g/mol. The minimum Gasteiger partial charge on any atom is -0.298 e. The van der Waals surface area contributed by atoms with Gasteiger partial charge in [-0.05, 0) is 18.2 Å². The summed E-state index contributed by atoms with van der Waals surface area (Å²) in [6, 6.07) is 13.1. The molecule has 1 aromatic heterocycles. The Morgan fingerprint density at radius 2 is 1.86 bits per heavy atom. The summed E-state index contributed by atoms with van der Waals surface area (Å²) in [7, 11) is 0. The summed E-state index contributed by atoms with van der Waals surface area (Å²) in [5, 5.41) is 5.36. The zero-order valence-corrected chi connectivity index (χ0v) is 12.8. The third-order valence-corrected chi connectivity index (χ3v) is 4.08. The molecule has 0 spiro atoms. The van der Waals surface area contributed by atoms with Gasteiger partial charge in [-0.15, -0.1) is 11.3 Å². The quantitative estimate of drug-likeness (QED) is 0.744. The van der Waals surface area contributed by atoms with Crippen molar-refractivity contribution in [1.82, 2.24) is 4.98 Å². The summed E-state index contributed by atoms with van der Waals surface area (Å²) in [6.45, 7) is 0. The maximum absolute atomic E-state index is 13.6. The van der Waals surface area contributed by atoms with Gasteiger partial charge in [0.2, 0.25) is 0 Å². The van der Waals surface area contributed by atoms with E-state index in [0.29, 0.717) is 15.8 Å².